The Morgan fingerprint density at radius 2 is 2.03 bits per heavy atom. The number of ether oxygens (including phenoxy) is 2. The molecule has 9 heteroatoms. The maximum atomic E-state index is 13.6. The third-order valence-electron chi connectivity index (χ3n) is 5.31. The number of esters is 1. The summed E-state index contributed by atoms with van der Waals surface area (Å²) >= 11 is 4.71. The van der Waals surface area contributed by atoms with Gasteiger partial charge >= 0.3 is 5.97 Å². The second-order valence-corrected chi connectivity index (χ2v) is 9.51. The van der Waals surface area contributed by atoms with Gasteiger partial charge in [0.1, 0.15) is 18.2 Å². The monoisotopic (exact) mass is 556 g/mol. The fourth-order valence-electron chi connectivity index (χ4n) is 3.78. The number of thiazole rings is 1. The van der Waals surface area contributed by atoms with E-state index in [-0.39, 0.29) is 17.7 Å². The Kier molecular flexibility index (Phi) is 7.47. The second kappa shape index (κ2) is 10.5. The average Bonchev–Trinajstić information content (AvgIpc) is 3.12. The summed E-state index contributed by atoms with van der Waals surface area (Å²) in [5, 5.41) is 0. The minimum Gasteiger partial charge on any atom is -0.488 e. The molecule has 1 aromatic heterocycles. The summed E-state index contributed by atoms with van der Waals surface area (Å²) in [5.41, 5.74) is 1.78. The minimum atomic E-state index is -0.783. The number of carbonyl (C=O) groups excluding carboxylic acids is 1. The molecule has 4 rings (SSSR count). The van der Waals surface area contributed by atoms with Crippen molar-refractivity contribution in [1.82, 2.24) is 4.57 Å². The van der Waals surface area contributed by atoms with E-state index in [0.717, 1.165) is 10.0 Å². The molecule has 0 radical (unpaired) electrons. The summed E-state index contributed by atoms with van der Waals surface area (Å²) in [6.07, 6.45) is 3.42. The van der Waals surface area contributed by atoms with Crippen LogP contribution in [0.1, 0.15) is 31.0 Å². The van der Waals surface area contributed by atoms with E-state index in [1.807, 2.05) is 12.1 Å². The maximum absolute atomic E-state index is 13.6. The number of carbonyl (C=O) groups is 1. The standard InChI is InChI=1S/C26H22BrFN2O4S/c1-4-12-34-20-11-6-16(13-19(20)27)14-21-24(31)30-23(17-7-9-18(28)10-8-17)22(25(32)33-5-2)15(3)29-26(30)35-21/h4,6-11,13-14,23H,1,5,12H2,2-3H3/b21-14-/t23-/m0/s1. The molecule has 3 aromatic rings. The summed E-state index contributed by atoms with van der Waals surface area (Å²) in [5.74, 6) is -0.309. The first kappa shape index (κ1) is 24.8. The van der Waals surface area contributed by atoms with Gasteiger partial charge in [-0.15, -0.1) is 0 Å². The lowest BCUT2D eigenvalue weighted by Crippen LogP contribution is -2.39. The molecule has 0 saturated carbocycles. The Labute approximate surface area is 213 Å². The third-order valence-corrected chi connectivity index (χ3v) is 6.92. The van der Waals surface area contributed by atoms with Crippen LogP contribution in [0.2, 0.25) is 0 Å². The number of benzene rings is 2. The van der Waals surface area contributed by atoms with E-state index in [1.54, 1.807) is 44.2 Å². The van der Waals surface area contributed by atoms with Gasteiger partial charge in [0.25, 0.3) is 5.56 Å². The van der Waals surface area contributed by atoms with Crippen LogP contribution >= 0.6 is 27.3 Å². The van der Waals surface area contributed by atoms with Crippen LogP contribution in [-0.2, 0) is 9.53 Å². The van der Waals surface area contributed by atoms with Gasteiger partial charge in [0, 0.05) is 0 Å². The number of fused-ring (bicyclic) bond motifs is 1. The Hall–Kier alpha value is -3.30. The van der Waals surface area contributed by atoms with Crippen LogP contribution in [0.15, 0.2) is 80.6 Å². The Balaban J connectivity index is 1.86. The molecule has 0 fully saturated rings. The molecule has 2 heterocycles. The van der Waals surface area contributed by atoms with Crippen molar-refractivity contribution in [3.8, 4) is 5.75 Å². The number of hydrogen-bond donors (Lipinski definition) is 0. The molecule has 2 aromatic carbocycles. The van der Waals surface area contributed by atoms with Gasteiger partial charge in [-0.1, -0.05) is 42.2 Å². The van der Waals surface area contributed by atoms with Crippen molar-refractivity contribution in [1.29, 1.82) is 0 Å². The summed E-state index contributed by atoms with van der Waals surface area (Å²) in [6, 6.07) is 10.4. The number of rotatable bonds is 7. The van der Waals surface area contributed by atoms with Gasteiger partial charge in [-0.05, 0) is 71.2 Å². The molecule has 0 spiro atoms. The van der Waals surface area contributed by atoms with Gasteiger partial charge in [-0.25, -0.2) is 14.2 Å². The Bertz CT molecular complexity index is 1510. The number of nitrogens with zero attached hydrogens (tertiary/aromatic N) is 2. The quantitative estimate of drug-likeness (QED) is 0.322. The van der Waals surface area contributed by atoms with Crippen LogP contribution in [-0.4, -0.2) is 23.8 Å². The first-order valence-electron chi connectivity index (χ1n) is 10.8. The van der Waals surface area contributed by atoms with Crippen molar-refractivity contribution in [3.05, 3.63) is 107 Å². The number of allylic oxidation sites excluding steroid dienone is 1. The van der Waals surface area contributed by atoms with E-state index in [9.17, 15) is 14.0 Å². The summed E-state index contributed by atoms with van der Waals surface area (Å²) in [6.45, 7) is 7.61. The van der Waals surface area contributed by atoms with E-state index in [1.165, 1.54) is 28.0 Å². The fraction of sp³-hybridized carbons (Fsp3) is 0.192. The van der Waals surface area contributed by atoms with Crippen molar-refractivity contribution in [2.45, 2.75) is 19.9 Å². The van der Waals surface area contributed by atoms with Crippen LogP contribution in [0.5, 0.6) is 5.75 Å². The first-order valence-corrected chi connectivity index (χ1v) is 12.4. The number of halogens is 2. The highest BCUT2D eigenvalue weighted by molar-refractivity contribution is 9.10. The lowest BCUT2D eigenvalue weighted by Gasteiger charge is -2.24. The van der Waals surface area contributed by atoms with E-state index in [4.69, 9.17) is 9.47 Å². The molecule has 6 nitrogen and oxygen atoms in total. The molecule has 0 saturated heterocycles. The number of aromatic nitrogens is 1. The molecular formula is C26H22BrFN2O4S. The molecule has 180 valence electrons. The second-order valence-electron chi connectivity index (χ2n) is 7.64. The van der Waals surface area contributed by atoms with Crippen LogP contribution in [0.3, 0.4) is 0 Å². The zero-order chi connectivity index (χ0) is 25.1. The molecule has 0 aliphatic carbocycles. The lowest BCUT2D eigenvalue weighted by atomic mass is 9.96. The van der Waals surface area contributed by atoms with Crippen LogP contribution in [0.25, 0.3) is 6.08 Å². The van der Waals surface area contributed by atoms with Crippen LogP contribution in [0.4, 0.5) is 4.39 Å². The molecular weight excluding hydrogens is 535 g/mol. The molecule has 0 unspecified atom stereocenters. The van der Waals surface area contributed by atoms with Gasteiger partial charge in [0.15, 0.2) is 4.80 Å². The molecule has 0 amide bonds. The smallest absolute Gasteiger partial charge is 0.338 e. The van der Waals surface area contributed by atoms with Crippen molar-refractivity contribution in [2.24, 2.45) is 4.99 Å². The van der Waals surface area contributed by atoms with Crippen molar-refractivity contribution in [2.75, 3.05) is 13.2 Å². The molecule has 1 aliphatic rings. The van der Waals surface area contributed by atoms with Gasteiger partial charge in [0.05, 0.1) is 32.9 Å². The Morgan fingerprint density at radius 3 is 2.69 bits per heavy atom. The third kappa shape index (κ3) is 5.06. The highest BCUT2D eigenvalue weighted by atomic mass is 79.9. The van der Waals surface area contributed by atoms with Gasteiger partial charge in [-0.2, -0.15) is 0 Å². The molecule has 1 atom stereocenters. The first-order chi connectivity index (χ1) is 16.8. The summed E-state index contributed by atoms with van der Waals surface area (Å²) in [4.78, 5) is 31.4. The lowest BCUT2D eigenvalue weighted by molar-refractivity contribution is -0.139. The predicted molar refractivity (Wildman–Crippen MR) is 137 cm³/mol. The highest BCUT2D eigenvalue weighted by Gasteiger charge is 2.33. The van der Waals surface area contributed by atoms with Gasteiger partial charge in [-0.3, -0.25) is 9.36 Å². The van der Waals surface area contributed by atoms with Crippen molar-refractivity contribution in [3.63, 3.8) is 0 Å². The minimum absolute atomic E-state index is 0.178. The summed E-state index contributed by atoms with van der Waals surface area (Å²) < 4.78 is 27.2. The average molecular weight is 557 g/mol. The Morgan fingerprint density at radius 1 is 1.29 bits per heavy atom. The number of hydrogen-bond acceptors (Lipinski definition) is 6. The van der Waals surface area contributed by atoms with Gasteiger partial charge < -0.3 is 9.47 Å². The van der Waals surface area contributed by atoms with E-state index >= 15 is 0 Å². The van der Waals surface area contributed by atoms with Crippen LogP contribution < -0.4 is 19.6 Å². The summed E-state index contributed by atoms with van der Waals surface area (Å²) in [7, 11) is 0. The van der Waals surface area contributed by atoms with Crippen molar-refractivity contribution < 1.29 is 18.7 Å². The van der Waals surface area contributed by atoms with Crippen LogP contribution in [0, 0.1) is 5.82 Å². The largest absolute Gasteiger partial charge is 0.488 e. The highest BCUT2D eigenvalue weighted by Crippen LogP contribution is 2.31. The van der Waals surface area contributed by atoms with Gasteiger partial charge in [0.2, 0.25) is 0 Å². The van der Waals surface area contributed by atoms with E-state index < -0.39 is 17.8 Å². The normalized spacial score (nSPS) is 15.4. The maximum Gasteiger partial charge on any atom is 0.338 e. The molecule has 0 bridgehead atoms. The van der Waals surface area contributed by atoms with Crippen molar-refractivity contribution >= 4 is 39.3 Å². The van der Waals surface area contributed by atoms with E-state index in [2.05, 4.69) is 27.5 Å². The zero-order valence-electron chi connectivity index (χ0n) is 19.1. The fourth-order valence-corrected chi connectivity index (χ4v) is 5.33. The van der Waals surface area contributed by atoms with E-state index in [0.29, 0.717) is 33.0 Å². The SMILES string of the molecule is C=CCOc1ccc(/C=c2\sc3n(c2=O)[C@@H](c2ccc(F)cc2)C(C(=O)OCC)=C(C)N=3)cc1Br. The molecule has 35 heavy (non-hydrogen) atoms. The zero-order valence-corrected chi connectivity index (χ0v) is 21.5. The topological polar surface area (TPSA) is 69.9 Å². The predicted octanol–water partition coefficient (Wildman–Crippen LogP) is 4.26. The molecule has 1 aliphatic heterocycles. The molecule has 0 N–H and O–H groups in total.